The maximum atomic E-state index is 10.7. The first kappa shape index (κ1) is 12.4. The first-order chi connectivity index (χ1) is 6.02. The minimum Gasteiger partial charge on any atom is -0.314 e. The number of hydrogen-bond acceptors (Lipinski definition) is 2. The summed E-state index contributed by atoms with van der Waals surface area (Å²) in [5.74, 6) is 0.248. The van der Waals surface area contributed by atoms with Crippen molar-refractivity contribution in [3.05, 3.63) is 12.2 Å². The second-order valence-electron chi connectivity index (χ2n) is 3.81. The van der Waals surface area contributed by atoms with Crippen molar-refractivity contribution < 1.29 is 4.79 Å². The molecule has 0 saturated heterocycles. The van der Waals surface area contributed by atoms with Crippen molar-refractivity contribution in [1.82, 2.24) is 5.32 Å². The third-order valence-corrected chi connectivity index (χ3v) is 1.86. The van der Waals surface area contributed by atoms with Crippen LogP contribution in [0, 0.1) is 0 Å². The molecular formula is C11H21NO. The summed E-state index contributed by atoms with van der Waals surface area (Å²) in [6.07, 6.45) is 2.46. The Balaban J connectivity index is 3.36. The first-order valence-electron chi connectivity index (χ1n) is 4.92. The lowest BCUT2D eigenvalue weighted by molar-refractivity contribution is -0.116. The standard InChI is InChI=1S/C11H21NO/c1-9(2)12-8-7-10(3)5-6-11(4)13/h9,12H,3,5-8H2,1-2,4H3. The summed E-state index contributed by atoms with van der Waals surface area (Å²) in [5.41, 5.74) is 1.17. The molecule has 0 aliphatic rings. The molecule has 1 N–H and O–H groups in total. The van der Waals surface area contributed by atoms with Gasteiger partial charge in [-0.25, -0.2) is 0 Å². The van der Waals surface area contributed by atoms with Gasteiger partial charge in [0.05, 0.1) is 0 Å². The van der Waals surface area contributed by atoms with Crippen LogP contribution in [0.25, 0.3) is 0 Å². The van der Waals surface area contributed by atoms with E-state index in [1.54, 1.807) is 6.92 Å². The molecule has 0 rings (SSSR count). The van der Waals surface area contributed by atoms with Crippen LogP contribution in [0.3, 0.4) is 0 Å². The van der Waals surface area contributed by atoms with Crippen LogP contribution in [0.5, 0.6) is 0 Å². The number of carbonyl (C=O) groups is 1. The van der Waals surface area contributed by atoms with E-state index in [2.05, 4.69) is 25.7 Å². The zero-order valence-corrected chi connectivity index (χ0v) is 9.02. The third kappa shape index (κ3) is 9.28. The first-order valence-corrected chi connectivity index (χ1v) is 4.92. The molecule has 0 aliphatic carbocycles. The molecule has 0 amide bonds. The van der Waals surface area contributed by atoms with Crippen molar-refractivity contribution in [2.24, 2.45) is 0 Å². The maximum Gasteiger partial charge on any atom is 0.130 e. The highest BCUT2D eigenvalue weighted by molar-refractivity contribution is 5.75. The summed E-state index contributed by atoms with van der Waals surface area (Å²) in [6.45, 7) is 10.8. The number of nitrogens with one attached hydrogen (secondary N) is 1. The fourth-order valence-corrected chi connectivity index (χ4v) is 1.02. The minimum atomic E-state index is 0.248. The number of carbonyl (C=O) groups excluding carboxylic acids is 1. The van der Waals surface area contributed by atoms with Crippen LogP contribution in [0.4, 0.5) is 0 Å². The van der Waals surface area contributed by atoms with Gasteiger partial charge in [0.25, 0.3) is 0 Å². The largest absolute Gasteiger partial charge is 0.314 e. The van der Waals surface area contributed by atoms with E-state index < -0.39 is 0 Å². The van der Waals surface area contributed by atoms with Gasteiger partial charge in [-0.15, -0.1) is 0 Å². The quantitative estimate of drug-likeness (QED) is 0.614. The van der Waals surface area contributed by atoms with E-state index >= 15 is 0 Å². The summed E-state index contributed by atoms with van der Waals surface area (Å²) in [5, 5.41) is 3.32. The van der Waals surface area contributed by atoms with Crippen molar-refractivity contribution in [3.63, 3.8) is 0 Å². The Labute approximate surface area is 81.4 Å². The zero-order valence-electron chi connectivity index (χ0n) is 9.02. The van der Waals surface area contributed by atoms with E-state index in [0.717, 1.165) is 19.4 Å². The molecule has 0 unspecified atom stereocenters. The van der Waals surface area contributed by atoms with E-state index in [-0.39, 0.29) is 5.78 Å². The van der Waals surface area contributed by atoms with Crippen LogP contribution >= 0.6 is 0 Å². The monoisotopic (exact) mass is 183 g/mol. The number of ketones is 1. The maximum absolute atomic E-state index is 10.7. The molecule has 2 nitrogen and oxygen atoms in total. The molecule has 0 aliphatic heterocycles. The zero-order chi connectivity index (χ0) is 10.3. The van der Waals surface area contributed by atoms with Crippen molar-refractivity contribution in [2.45, 2.75) is 46.1 Å². The van der Waals surface area contributed by atoms with Gasteiger partial charge in [0.1, 0.15) is 5.78 Å². The number of Topliss-reactive ketones (excluding diaryl/α,β-unsaturated/α-hetero) is 1. The molecule has 0 aromatic heterocycles. The van der Waals surface area contributed by atoms with E-state index in [0.29, 0.717) is 12.5 Å². The molecule has 0 spiro atoms. The summed E-state index contributed by atoms with van der Waals surface area (Å²) in [6, 6.07) is 0.528. The molecule has 0 fully saturated rings. The predicted molar refractivity (Wildman–Crippen MR) is 56.8 cm³/mol. The van der Waals surface area contributed by atoms with Crippen molar-refractivity contribution in [3.8, 4) is 0 Å². The van der Waals surface area contributed by atoms with Gasteiger partial charge in [-0.05, 0) is 26.3 Å². The minimum absolute atomic E-state index is 0.248. The van der Waals surface area contributed by atoms with Gasteiger partial charge in [-0.1, -0.05) is 26.0 Å². The second-order valence-corrected chi connectivity index (χ2v) is 3.81. The van der Waals surface area contributed by atoms with Crippen LogP contribution in [-0.2, 0) is 4.79 Å². The lowest BCUT2D eigenvalue weighted by Crippen LogP contribution is -2.23. The topological polar surface area (TPSA) is 29.1 Å². The van der Waals surface area contributed by atoms with Crippen LogP contribution in [0.1, 0.15) is 40.0 Å². The average molecular weight is 183 g/mol. The fourth-order valence-electron chi connectivity index (χ4n) is 1.02. The van der Waals surface area contributed by atoms with E-state index in [4.69, 9.17) is 0 Å². The lowest BCUT2D eigenvalue weighted by atomic mass is 10.1. The molecule has 0 heterocycles. The van der Waals surface area contributed by atoms with Crippen LogP contribution in [0.15, 0.2) is 12.2 Å². The summed E-state index contributed by atoms with van der Waals surface area (Å²) < 4.78 is 0. The number of rotatable bonds is 7. The normalized spacial score (nSPS) is 10.5. The molecule has 0 atom stereocenters. The molecule has 13 heavy (non-hydrogen) atoms. The summed E-state index contributed by atoms with van der Waals surface area (Å²) in [4.78, 5) is 10.7. The highest BCUT2D eigenvalue weighted by Gasteiger charge is 1.98. The highest BCUT2D eigenvalue weighted by Crippen LogP contribution is 2.06. The van der Waals surface area contributed by atoms with Crippen molar-refractivity contribution in [1.29, 1.82) is 0 Å². The number of hydrogen-bond donors (Lipinski definition) is 1. The summed E-state index contributed by atoms with van der Waals surface area (Å²) in [7, 11) is 0. The Kier molecular flexibility index (Phi) is 6.51. The van der Waals surface area contributed by atoms with Gasteiger partial charge in [-0.3, -0.25) is 0 Å². The second kappa shape index (κ2) is 6.84. The Morgan fingerprint density at radius 3 is 2.38 bits per heavy atom. The lowest BCUT2D eigenvalue weighted by Gasteiger charge is -2.08. The van der Waals surface area contributed by atoms with Gasteiger partial charge in [0, 0.05) is 12.5 Å². The molecule has 0 saturated carbocycles. The molecule has 0 aromatic rings. The molecule has 0 radical (unpaired) electrons. The smallest absolute Gasteiger partial charge is 0.130 e. The summed E-state index contributed by atoms with van der Waals surface area (Å²) >= 11 is 0. The van der Waals surface area contributed by atoms with Crippen LogP contribution in [0.2, 0.25) is 0 Å². The predicted octanol–water partition coefficient (Wildman–Crippen LogP) is 2.30. The van der Waals surface area contributed by atoms with E-state index in [1.807, 2.05) is 0 Å². The van der Waals surface area contributed by atoms with Crippen molar-refractivity contribution >= 4 is 5.78 Å². The third-order valence-electron chi connectivity index (χ3n) is 1.86. The molecule has 2 heteroatoms. The van der Waals surface area contributed by atoms with Crippen molar-refractivity contribution in [2.75, 3.05) is 6.54 Å². The molecule has 0 bridgehead atoms. The van der Waals surface area contributed by atoms with E-state index in [9.17, 15) is 4.79 Å². The van der Waals surface area contributed by atoms with Gasteiger partial charge < -0.3 is 10.1 Å². The Morgan fingerprint density at radius 1 is 1.31 bits per heavy atom. The van der Waals surface area contributed by atoms with Crippen LogP contribution in [-0.4, -0.2) is 18.4 Å². The van der Waals surface area contributed by atoms with Gasteiger partial charge in [0.2, 0.25) is 0 Å². The van der Waals surface area contributed by atoms with E-state index in [1.165, 1.54) is 5.57 Å². The Bertz CT molecular complexity index is 173. The fraction of sp³-hybridized carbons (Fsp3) is 0.727. The molecule has 0 aromatic carbocycles. The van der Waals surface area contributed by atoms with Crippen LogP contribution < -0.4 is 5.32 Å². The Hall–Kier alpha value is -0.630. The van der Waals surface area contributed by atoms with Gasteiger partial charge >= 0.3 is 0 Å². The van der Waals surface area contributed by atoms with Gasteiger partial charge in [0.15, 0.2) is 0 Å². The molecular weight excluding hydrogens is 162 g/mol. The molecule has 76 valence electrons. The SMILES string of the molecule is C=C(CCNC(C)C)CCC(C)=O. The van der Waals surface area contributed by atoms with Gasteiger partial charge in [-0.2, -0.15) is 0 Å². The average Bonchev–Trinajstić information content (AvgIpc) is 2.00. The highest BCUT2D eigenvalue weighted by atomic mass is 16.1. The Morgan fingerprint density at radius 2 is 1.92 bits per heavy atom.